The van der Waals surface area contributed by atoms with E-state index in [-0.39, 0.29) is 29.3 Å². The Bertz CT molecular complexity index is 2380. The summed E-state index contributed by atoms with van der Waals surface area (Å²) in [4.78, 5) is 25.3. The third-order valence-corrected chi connectivity index (χ3v) is 20.0. The van der Waals surface area contributed by atoms with Gasteiger partial charge >= 0.3 is 6.01 Å². The summed E-state index contributed by atoms with van der Waals surface area (Å²) < 4.78 is 35.3. The summed E-state index contributed by atoms with van der Waals surface area (Å²) in [5.41, 5.74) is 5.99. The zero-order valence-corrected chi connectivity index (χ0v) is 37.7. The van der Waals surface area contributed by atoms with E-state index >= 15 is 0 Å². The first kappa shape index (κ1) is 41.6. The lowest BCUT2D eigenvalue weighted by Crippen LogP contribution is -2.70. The predicted octanol–water partition coefficient (Wildman–Crippen LogP) is 7.36. The van der Waals surface area contributed by atoms with Crippen LogP contribution < -0.4 is 25.7 Å². The average Bonchev–Trinajstić information content (AvgIpc) is 4.01. The summed E-state index contributed by atoms with van der Waals surface area (Å²) in [6.45, 7) is 14.0. The number of anilines is 2. The highest BCUT2D eigenvalue weighted by Crippen LogP contribution is 2.49. The van der Waals surface area contributed by atoms with Crippen LogP contribution in [0.5, 0.6) is 6.01 Å². The molecule has 0 saturated carbocycles. The van der Waals surface area contributed by atoms with Crippen LogP contribution in [0.4, 0.5) is 15.3 Å². The molecule has 15 heteroatoms. The van der Waals surface area contributed by atoms with Crippen LogP contribution in [0.2, 0.25) is 5.04 Å². The van der Waals surface area contributed by atoms with Crippen molar-refractivity contribution in [2.24, 2.45) is 0 Å². The Hall–Kier alpha value is -4.75. The van der Waals surface area contributed by atoms with Gasteiger partial charge in [-0.3, -0.25) is 4.90 Å². The van der Waals surface area contributed by atoms with E-state index in [2.05, 4.69) is 109 Å². The number of hydrogen-bond acceptors (Lipinski definition) is 13. The number of rotatable bonds is 10. The van der Waals surface area contributed by atoms with Gasteiger partial charge in [0.05, 0.1) is 22.1 Å². The van der Waals surface area contributed by atoms with Crippen molar-refractivity contribution in [1.82, 2.24) is 30.0 Å². The number of alkyl halides is 1. The SMILES string of the molecule is CC(C)(C)[Si](O[C@@]1(C)CCCCN(c2nc(OC[C@@]34CCCN3C[C@H](F)C4)nc(-c3noc([C@@]4(C)CCCc5sc(N)c(C#N)c54)n3)n2)C1)(c1ccccc1)c1ccccc1. The van der Waals surface area contributed by atoms with Crippen molar-refractivity contribution in [2.75, 3.05) is 43.4 Å². The van der Waals surface area contributed by atoms with E-state index in [4.69, 9.17) is 39.4 Å². The molecular formula is C46H56FN9O3SSi. The molecule has 3 fully saturated rings. The molecule has 3 aromatic heterocycles. The number of nitriles is 1. The molecule has 4 atom stereocenters. The second kappa shape index (κ2) is 15.9. The normalized spacial score (nSPS) is 25.8. The van der Waals surface area contributed by atoms with Gasteiger partial charge in [0.2, 0.25) is 23.5 Å². The zero-order chi connectivity index (χ0) is 42.6. The number of aromatic nitrogens is 5. The maximum Gasteiger partial charge on any atom is 0.321 e. The van der Waals surface area contributed by atoms with Gasteiger partial charge in [-0.25, -0.2) is 4.39 Å². The highest BCUT2D eigenvalue weighted by molar-refractivity contribution is 7.16. The molecule has 2 N–H and O–H groups in total. The van der Waals surface area contributed by atoms with Gasteiger partial charge < -0.3 is 24.3 Å². The lowest BCUT2D eigenvalue weighted by Gasteiger charge is -2.49. The minimum absolute atomic E-state index is 0.136. The van der Waals surface area contributed by atoms with Gasteiger partial charge in [0, 0.05) is 36.5 Å². The van der Waals surface area contributed by atoms with Crippen molar-refractivity contribution in [3.63, 3.8) is 0 Å². The number of ether oxygens (including phenoxy) is 1. The van der Waals surface area contributed by atoms with Gasteiger partial charge in [-0.15, -0.1) is 11.3 Å². The third kappa shape index (κ3) is 7.42. The summed E-state index contributed by atoms with van der Waals surface area (Å²) in [6, 6.07) is 24.0. The van der Waals surface area contributed by atoms with Crippen LogP contribution in [-0.2, 0) is 16.3 Å². The Morgan fingerprint density at radius 1 is 0.934 bits per heavy atom. The second-order valence-electron chi connectivity index (χ2n) is 19.1. The van der Waals surface area contributed by atoms with Crippen LogP contribution in [0.15, 0.2) is 65.2 Å². The Kier molecular flexibility index (Phi) is 10.8. The highest BCUT2D eigenvalue weighted by Gasteiger charge is 2.54. The molecule has 3 aliphatic heterocycles. The summed E-state index contributed by atoms with van der Waals surface area (Å²) in [7, 11) is -2.93. The minimum atomic E-state index is -2.93. The number of nitrogens with two attached hydrogens (primary N) is 1. The predicted molar refractivity (Wildman–Crippen MR) is 238 cm³/mol. The standard InChI is InChI=1S/C46H56FN9O3SSi/c1-43(2,3)61(32-16-8-6-9-17-32,33-18-10-7-11-19-33)59-44(4)21-12-13-24-55(29-44)41-51-38(52-42(53-41)57-30-46-23-15-25-56(46)28-31(47)26-46)39-50-40(58-54-39)45(5)22-14-20-35-36(45)34(27-48)37(49)60-35/h6-11,16-19,31H,12-15,20-26,28-30,49H2,1-5H3/t31-,44+,45+,46+/m1/s1. The number of hydrogen-bond donors (Lipinski definition) is 1. The number of thiophene rings is 1. The quantitative estimate of drug-likeness (QED) is 0.140. The van der Waals surface area contributed by atoms with Crippen molar-refractivity contribution >= 4 is 41.0 Å². The molecule has 3 saturated heterocycles. The molecule has 0 bridgehead atoms. The van der Waals surface area contributed by atoms with Crippen LogP contribution in [0.3, 0.4) is 0 Å². The van der Waals surface area contributed by atoms with Crippen molar-refractivity contribution in [1.29, 1.82) is 5.26 Å². The summed E-state index contributed by atoms with van der Waals surface area (Å²) >= 11 is 1.46. The van der Waals surface area contributed by atoms with Gasteiger partial charge in [-0.1, -0.05) is 86.6 Å². The average molecular weight is 862 g/mol. The fourth-order valence-corrected chi connectivity index (χ4v) is 16.8. The lowest BCUT2D eigenvalue weighted by atomic mass is 9.72. The Morgan fingerprint density at radius 2 is 1.67 bits per heavy atom. The van der Waals surface area contributed by atoms with Crippen molar-refractivity contribution in [2.45, 2.75) is 120 Å². The van der Waals surface area contributed by atoms with E-state index in [9.17, 15) is 9.65 Å². The maximum absolute atomic E-state index is 14.9. The monoisotopic (exact) mass is 861 g/mol. The van der Waals surface area contributed by atoms with E-state index in [0.717, 1.165) is 68.4 Å². The topological polar surface area (TPSA) is 152 Å². The van der Waals surface area contributed by atoms with E-state index in [1.807, 2.05) is 6.92 Å². The van der Waals surface area contributed by atoms with Crippen LogP contribution in [-0.4, -0.2) is 88.4 Å². The third-order valence-electron chi connectivity index (χ3n) is 13.7. The number of aryl methyl sites for hydroxylation is 1. The molecule has 9 rings (SSSR count). The molecule has 0 amide bonds. The van der Waals surface area contributed by atoms with Crippen molar-refractivity contribution in [3.05, 3.63) is 82.6 Å². The largest absolute Gasteiger partial charge is 0.461 e. The molecule has 1 aliphatic carbocycles. The second-order valence-corrected chi connectivity index (χ2v) is 24.4. The van der Waals surface area contributed by atoms with Crippen LogP contribution in [0.25, 0.3) is 11.6 Å². The Labute approximate surface area is 362 Å². The van der Waals surface area contributed by atoms with Crippen LogP contribution in [0.1, 0.15) is 108 Å². The molecule has 320 valence electrons. The van der Waals surface area contributed by atoms with Gasteiger partial charge in [0.25, 0.3) is 8.32 Å². The Balaban J connectivity index is 1.10. The zero-order valence-electron chi connectivity index (χ0n) is 35.9. The fraction of sp³-hybridized carbons (Fsp3) is 0.522. The van der Waals surface area contributed by atoms with Gasteiger partial charge in [-0.2, -0.15) is 25.2 Å². The van der Waals surface area contributed by atoms with Crippen molar-refractivity contribution < 1.29 is 18.1 Å². The lowest BCUT2D eigenvalue weighted by molar-refractivity contribution is 0.0772. The van der Waals surface area contributed by atoms with Gasteiger partial charge in [-0.05, 0) is 87.2 Å². The van der Waals surface area contributed by atoms with Gasteiger partial charge in [0.15, 0.2) is 0 Å². The number of fused-ring (bicyclic) bond motifs is 2. The maximum atomic E-state index is 14.9. The fourth-order valence-electron chi connectivity index (χ4n) is 10.8. The molecule has 12 nitrogen and oxygen atoms in total. The number of nitrogen functional groups attached to an aromatic ring is 1. The van der Waals surface area contributed by atoms with E-state index in [0.29, 0.717) is 48.5 Å². The molecule has 61 heavy (non-hydrogen) atoms. The molecule has 2 aromatic carbocycles. The first-order valence-corrected chi connectivity index (χ1v) is 24.5. The molecule has 6 heterocycles. The molecule has 0 spiro atoms. The van der Waals surface area contributed by atoms with Gasteiger partial charge in [0.1, 0.15) is 23.8 Å². The first-order valence-electron chi connectivity index (χ1n) is 21.8. The summed E-state index contributed by atoms with van der Waals surface area (Å²) in [5.74, 6) is 1.23. The van der Waals surface area contributed by atoms with Crippen LogP contribution >= 0.6 is 11.3 Å². The number of benzene rings is 2. The number of halogens is 1. The molecule has 0 radical (unpaired) electrons. The molecule has 5 aromatic rings. The number of nitrogens with zero attached hydrogens (tertiary/aromatic N) is 8. The first-order chi connectivity index (χ1) is 29.3. The van der Waals surface area contributed by atoms with E-state index < -0.39 is 31.0 Å². The summed E-state index contributed by atoms with van der Waals surface area (Å²) in [6.07, 6.45) is 6.56. The summed E-state index contributed by atoms with van der Waals surface area (Å²) in [5, 5.41) is 17.3. The molecule has 4 aliphatic rings. The van der Waals surface area contributed by atoms with E-state index in [1.54, 1.807) is 0 Å². The van der Waals surface area contributed by atoms with Crippen molar-refractivity contribution in [3.8, 4) is 23.7 Å². The molecule has 0 unspecified atom stereocenters. The van der Waals surface area contributed by atoms with E-state index in [1.165, 1.54) is 21.7 Å². The highest BCUT2D eigenvalue weighted by atomic mass is 32.1. The Morgan fingerprint density at radius 3 is 2.38 bits per heavy atom. The minimum Gasteiger partial charge on any atom is -0.461 e. The molecular weight excluding hydrogens is 806 g/mol. The smallest absolute Gasteiger partial charge is 0.321 e. The van der Waals surface area contributed by atoms with Crippen LogP contribution in [0, 0.1) is 11.3 Å².